The molecule has 31 heavy (non-hydrogen) atoms. The largest absolute Gasteiger partial charge is 0.495 e. The number of methoxy groups -OCH3 is 1. The first kappa shape index (κ1) is 20.9. The van der Waals surface area contributed by atoms with Gasteiger partial charge in [-0.25, -0.2) is 4.57 Å². The second kappa shape index (κ2) is 8.43. The van der Waals surface area contributed by atoms with Gasteiger partial charge in [0.05, 0.1) is 29.5 Å². The van der Waals surface area contributed by atoms with Gasteiger partial charge in [-0.2, -0.15) is 0 Å². The van der Waals surface area contributed by atoms with Crippen LogP contribution >= 0.6 is 11.8 Å². The molecule has 0 aliphatic rings. The molecule has 8 nitrogen and oxygen atoms in total. The van der Waals surface area contributed by atoms with E-state index in [1.165, 1.54) is 16.3 Å². The fourth-order valence-corrected chi connectivity index (χ4v) is 4.21. The molecule has 1 amide bonds. The van der Waals surface area contributed by atoms with Crippen molar-refractivity contribution in [2.75, 3.05) is 12.9 Å². The van der Waals surface area contributed by atoms with Crippen LogP contribution in [0.3, 0.4) is 0 Å². The van der Waals surface area contributed by atoms with Crippen molar-refractivity contribution in [3.8, 4) is 11.4 Å². The minimum absolute atomic E-state index is 0.0584. The molecule has 4 aromatic rings. The number of amides is 1. The van der Waals surface area contributed by atoms with Crippen molar-refractivity contribution in [3.63, 3.8) is 0 Å². The number of carbonyl (C=O) groups is 1. The number of para-hydroxylation sites is 1. The van der Waals surface area contributed by atoms with Crippen molar-refractivity contribution in [2.24, 2.45) is 0 Å². The van der Waals surface area contributed by atoms with Gasteiger partial charge >= 0.3 is 0 Å². The topological polar surface area (TPSA) is 90.5 Å². The molecule has 0 atom stereocenters. The number of hydrogen-bond donors (Lipinski definition) is 1. The summed E-state index contributed by atoms with van der Waals surface area (Å²) in [6.07, 6.45) is 0. The summed E-state index contributed by atoms with van der Waals surface area (Å²) in [7, 11) is 1.57. The summed E-state index contributed by atoms with van der Waals surface area (Å²) >= 11 is 1.28. The smallest absolute Gasteiger partial charge is 0.267 e. The van der Waals surface area contributed by atoms with E-state index >= 15 is 0 Å². The highest BCUT2D eigenvalue weighted by Gasteiger charge is 2.20. The molecule has 1 N–H and O–H groups in total. The van der Waals surface area contributed by atoms with Gasteiger partial charge in [0, 0.05) is 6.04 Å². The average molecular weight is 438 g/mol. The average Bonchev–Trinajstić information content (AvgIpc) is 3.16. The molecule has 2 aromatic carbocycles. The monoisotopic (exact) mass is 437 g/mol. The van der Waals surface area contributed by atoms with Gasteiger partial charge in [0.1, 0.15) is 5.75 Å². The van der Waals surface area contributed by atoms with Crippen LogP contribution in [0.2, 0.25) is 0 Å². The third-order valence-electron chi connectivity index (χ3n) is 4.75. The Labute approximate surface area is 183 Å². The lowest BCUT2D eigenvalue weighted by molar-refractivity contribution is -0.119. The fraction of sp³-hybridized carbons (Fsp3) is 0.273. The Bertz CT molecular complexity index is 1340. The summed E-state index contributed by atoms with van der Waals surface area (Å²) in [5, 5.41) is 12.5. The molecule has 0 aliphatic heterocycles. The first-order valence-corrected chi connectivity index (χ1v) is 10.9. The summed E-state index contributed by atoms with van der Waals surface area (Å²) in [6, 6.07) is 13.0. The van der Waals surface area contributed by atoms with Gasteiger partial charge in [0.15, 0.2) is 5.16 Å². The number of fused-ring (bicyclic) bond motifs is 3. The third-order valence-corrected chi connectivity index (χ3v) is 5.68. The minimum atomic E-state index is -0.214. The van der Waals surface area contributed by atoms with E-state index < -0.39 is 0 Å². The molecular weight excluding hydrogens is 414 g/mol. The molecule has 0 aliphatic carbocycles. The van der Waals surface area contributed by atoms with E-state index in [-0.39, 0.29) is 23.3 Å². The number of thioether (sulfide) groups is 1. The van der Waals surface area contributed by atoms with E-state index in [1.807, 2.05) is 61.6 Å². The molecule has 9 heteroatoms. The second-order valence-corrected chi connectivity index (χ2v) is 8.40. The van der Waals surface area contributed by atoms with Crippen LogP contribution in [0.4, 0.5) is 0 Å². The van der Waals surface area contributed by atoms with Crippen molar-refractivity contribution in [3.05, 3.63) is 58.4 Å². The molecule has 0 bridgehead atoms. The third kappa shape index (κ3) is 3.88. The van der Waals surface area contributed by atoms with Crippen LogP contribution in [-0.2, 0) is 4.79 Å². The maximum atomic E-state index is 13.5. The van der Waals surface area contributed by atoms with Crippen molar-refractivity contribution in [1.29, 1.82) is 0 Å². The molecule has 4 rings (SSSR count). The van der Waals surface area contributed by atoms with Crippen molar-refractivity contribution >= 4 is 34.3 Å². The predicted molar refractivity (Wildman–Crippen MR) is 121 cm³/mol. The van der Waals surface area contributed by atoms with E-state index in [0.29, 0.717) is 33.3 Å². The number of nitrogens with zero attached hydrogens (tertiary/aromatic N) is 4. The molecule has 0 saturated heterocycles. The number of aryl methyl sites for hydroxylation is 1. The lowest BCUT2D eigenvalue weighted by atomic mass is 10.2. The van der Waals surface area contributed by atoms with Crippen molar-refractivity contribution in [2.45, 2.75) is 32.0 Å². The van der Waals surface area contributed by atoms with Crippen LogP contribution in [0.1, 0.15) is 19.4 Å². The molecule has 160 valence electrons. The molecular formula is C22H23N5O3S. The highest BCUT2D eigenvalue weighted by atomic mass is 32.2. The Kier molecular flexibility index (Phi) is 5.69. The van der Waals surface area contributed by atoms with E-state index in [4.69, 9.17) is 4.74 Å². The number of aromatic nitrogens is 4. The maximum Gasteiger partial charge on any atom is 0.267 e. The van der Waals surface area contributed by atoms with Crippen LogP contribution in [0, 0.1) is 6.92 Å². The summed E-state index contributed by atoms with van der Waals surface area (Å²) in [5.74, 6) is 1.02. The summed E-state index contributed by atoms with van der Waals surface area (Å²) in [6.45, 7) is 5.78. The first-order chi connectivity index (χ1) is 14.9. The van der Waals surface area contributed by atoms with Crippen molar-refractivity contribution in [1.82, 2.24) is 24.5 Å². The Balaban J connectivity index is 1.95. The summed E-state index contributed by atoms with van der Waals surface area (Å²) in [5.41, 5.74) is 2.04. The van der Waals surface area contributed by atoms with Gasteiger partial charge in [-0.1, -0.05) is 30.0 Å². The SMILES string of the molecule is COc1ccc(C)cc1-n1c(=O)c2ccccc2n2c(SCC(=O)NC(C)C)nnc12. The number of carbonyl (C=O) groups excluding carboxylic acids is 1. The van der Waals surface area contributed by atoms with E-state index in [0.717, 1.165) is 5.56 Å². The number of hydrogen-bond acceptors (Lipinski definition) is 6. The van der Waals surface area contributed by atoms with Crippen LogP contribution in [0.15, 0.2) is 52.4 Å². The molecule has 0 radical (unpaired) electrons. The normalized spacial score (nSPS) is 11.4. The number of ether oxygens (including phenoxy) is 1. The molecule has 2 aromatic heterocycles. The quantitative estimate of drug-likeness (QED) is 0.467. The Morgan fingerprint density at radius 1 is 1.19 bits per heavy atom. The van der Waals surface area contributed by atoms with Crippen LogP contribution in [0.25, 0.3) is 22.4 Å². The number of rotatable bonds is 6. The van der Waals surface area contributed by atoms with Gasteiger partial charge in [0.2, 0.25) is 11.7 Å². The Morgan fingerprint density at radius 3 is 2.71 bits per heavy atom. The van der Waals surface area contributed by atoms with Gasteiger partial charge < -0.3 is 10.1 Å². The van der Waals surface area contributed by atoms with E-state index in [1.54, 1.807) is 13.2 Å². The van der Waals surface area contributed by atoms with Gasteiger partial charge in [0.25, 0.3) is 5.56 Å². The van der Waals surface area contributed by atoms with Gasteiger partial charge in [-0.05, 0) is 50.6 Å². The standard InChI is InChI=1S/C22H23N5O3S/c1-13(2)23-19(28)12-31-22-25-24-21-26(17-11-14(3)9-10-18(17)30-4)20(29)15-7-5-6-8-16(15)27(21)22/h5-11,13H,12H2,1-4H3,(H,23,28). The number of benzene rings is 2. The highest BCUT2D eigenvalue weighted by Crippen LogP contribution is 2.27. The highest BCUT2D eigenvalue weighted by molar-refractivity contribution is 7.99. The maximum absolute atomic E-state index is 13.5. The van der Waals surface area contributed by atoms with Crippen molar-refractivity contribution < 1.29 is 9.53 Å². The van der Waals surface area contributed by atoms with E-state index in [2.05, 4.69) is 15.5 Å². The zero-order chi connectivity index (χ0) is 22.1. The van der Waals surface area contributed by atoms with Gasteiger partial charge in [-0.3, -0.25) is 14.0 Å². The second-order valence-electron chi connectivity index (χ2n) is 7.46. The summed E-state index contributed by atoms with van der Waals surface area (Å²) < 4.78 is 8.84. The Morgan fingerprint density at radius 2 is 1.97 bits per heavy atom. The Hall–Kier alpha value is -3.33. The minimum Gasteiger partial charge on any atom is -0.495 e. The lowest BCUT2D eigenvalue weighted by Gasteiger charge is -2.14. The van der Waals surface area contributed by atoms with Crippen LogP contribution in [0.5, 0.6) is 5.75 Å². The fourth-order valence-electron chi connectivity index (χ4n) is 3.46. The first-order valence-electron chi connectivity index (χ1n) is 9.86. The zero-order valence-electron chi connectivity index (χ0n) is 17.7. The molecule has 2 heterocycles. The lowest BCUT2D eigenvalue weighted by Crippen LogP contribution is -2.31. The van der Waals surface area contributed by atoms with Crippen LogP contribution < -0.4 is 15.6 Å². The summed E-state index contributed by atoms with van der Waals surface area (Å²) in [4.78, 5) is 25.6. The zero-order valence-corrected chi connectivity index (χ0v) is 18.6. The molecule has 0 fully saturated rings. The van der Waals surface area contributed by atoms with Gasteiger partial charge in [-0.15, -0.1) is 10.2 Å². The predicted octanol–water partition coefficient (Wildman–Crippen LogP) is 2.97. The molecule has 0 saturated carbocycles. The van der Waals surface area contributed by atoms with E-state index in [9.17, 15) is 9.59 Å². The molecule has 0 unspecified atom stereocenters. The molecule has 0 spiro atoms. The van der Waals surface area contributed by atoms with Crippen LogP contribution in [-0.4, -0.2) is 44.0 Å². The number of nitrogens with one attached hydrogen (secondary N) is 1.